The van der Waals surface area contributed by atoms with E-state index in [0.717, 1.165) is 30.0 Å². The lowest BCUT2D eigenvalue weighted by atomic mass is 9.97. The molecule has 1 aromatic carbocycles. The van der Waals surface area contributed by atoms with E-state index in [-0.39, 0.29) is 17.8 Å². The Kier molecular flexibility index (Phi) is 5.38. The molecule has 1 amide bonds. The molecule has 0 bridgehead atoms. The minimum Gasteiger partial charge on any atom is -0.335 e. The number of thiophene rings is 1. The van der Waals surface area contributed by atoms with Crippen molar-refractivity contribution in [2.24, 2.45) is 0 Å². The van der Waals surface area contributed by atoms with Gasteiger partial charge in [-0.1, -0.05) is 6.92 Å². The second-order valence-corrected chi connectivity index (χ2v) is 7.78. The molecular weight excluding hydrogens is 329 g/mol. The summed E-state index contributed by atoms with van der Waals surface area (Å²) in [5.74, 6) is 0.730. The van der Waals surface area contributed by atoms with Gasteiger partial charge in [-0.25, -0.2) is 4.39 Å². The predicted octanol–water partition coefficient (Wildman–Crippen LogP) is 4.91. The number of hydrogen-bond acceptors (Lipinski definition) is 3. The summed E-state index contributed by atoms with van der Waals surface area (Å²) in [6, 6.07) is 8.84. The minimum absolute atomic E-state index is 0.225. The van der Waals surface area contributed by atoms with Crippen LogP contribution in [0.5, 0.6) is 0 Å². The van der Waals surface area contributed by atoms with E-state index in [0.29, 0.717) is 6.42 Å². The number of thioether (sulfide) groups is 1. The highest BCUT2D eigenvalue weighted by atomic mass is 32.2. The van der Waals surface area contributed by atoms with Crippen molar-refractivity contribution in [1.29, 1.82) is 0 Å². The summed E-state index contributed by atoms with van der Waals surface area (Å²) in [7, 11) is 0. The second-order valence-electron chi connectivity index (χ2n) is 5.61. The molecule has 2 nitrogen and oxygen atoms in total. The van der Waals surface area contributed by atoms with Crippen molar-refractivity contribution < 1.29 is 9.18 Å². The zero-order chi connectivity index (χ0) is 16.2. The van der Waals surface area contributed by atoms with E-state index in [1.165, 1.54) is 22.6 Å². The largest absolute Gasteiger partial charge is 0.335 e. The van der Waals surface area contributed by atoms with E-state index < -0.39 is 0 Å². The van der Waals surface area contributed by atoms with Gasteiger partial charge in [0.15, 0.2) is 0 Å². The van der Waals surface area contributed by atoms with Gasteiger partial charge in [-0.15, -0.1) is 23.1 Å². The Morgan fingerprint density at radius 2 is 2.13 bits per heavy atom. The molecule has 3 rings (SSSR count). The van der Waals surface area contributed by atoms with Crippen LogP contribution in [0.1, 0.15) is 36.2 Å². The average Bonchev–Trinajstić information content (AvgIpc) is 3.04. The fraction of sp³-hybridized carbons (Fsp3) is 0.389. The normalized spacial score (nSPS) is 17.1. The third-order valence-electron chi connectivity index (χ3n) is 4.20. The van der Waals surface area contributed by atoms with Crippen molar-refractivity contribution in [2.75, 3.05) is 12.3 Å². The first-order chi connectivity index (χ1) is 11.2. The Bertz CT molecular complexity index is 668. The smallest absolute Gasteiger partial charge is 0.223 e. The van der Waals surface area contributed by atoms with Crippen LogP contribution in [0.25, 0.3) is 0 Å². The van der Waals surface area contributed by atoms with E-state index in [9.17, 15) is 9.18 Å². The Morgan fingerprint density at radius 3 is 2.87 bits per heavy atom. The molecule has 0 N–H and O–H groups in total. The quantitative estimate of drug-likeness (QED) is 0.715. The lowest BCUT2D eigenvalue weighted by Crippen LogP contribution is -2.39. The summed E-state index contributed by atoms with van der Waals surface area (Å²) in [5, 5.41) is 2.13. The van der Waals surface area contributed by atoms with Crippen LogP contribution < -0.4 is 0 Å². The second kappa shape index (κ2) is 7.49. The first kappa shape index (κ1) is 16.5. The van der Waals surface area contributed by atoms with Crippen LogP contribution in [0.2, 0.25) is 0 Å². The Morgan fingerprint density at radius 1 is 1.35 bits per heavy atom. The van der Waals surface area contributed by atoms with Crippen molar-refractivity contribution >= 4 is 29.0 Å². The van der Waals surface area contributed by atoms with Gasteiger partial charge in [-0.3, -0.25) is 4.79 Å². The number of benzene rings is 1. The van der Waals surface area contributed by atoms with E-state index in [2.05, 4.69) is 18.4 Å². The standard InChI is InChI=1S/C18H20FNOS2/c1-2-16-15-8-11-23-17(15)7-10-20(16)18(21)9-12-22-14-5-3-13(19)4-6-14/h3-6,8,11,16H,2,7,9-10,12H2,1H3. The number of halogens is 1. The minimum atomic E-state index is -0.226. The van der Waals surface area contributed by atoms with Crippen LogP contribution in [0, 0.1) is 5.82 Å². The van der Waals surface area contributed by atoms with Crippen molar-refractivity contribution in [3.05, 3.63) is 52.0 Å². The molecule has 0 aliphatic carbocycles. The molecule has 1 aliphatic heterocycles. The van der Waals surface area contributed by atoms with Crippen molar-refractivity contribution in [1.82, 2.24) is 4.90 Å². The molecule has 2 aromatic rings. The first-order valence-corrected chi connectivity index (χ1v) is 9.79. The monoisotopic (exact) mass is 349 g/mol. The molecule has 0 saturated heterocycles. The molecule has 5 heteroatoms. The highest BCUT2D eigenvalue weighted by Gasteiger charge is 2.29. The van der Waals surface area contributed by atoms with Gasteiger partial charge in [0.25, 0.3) is 0 Å². The maximum atomic E-state index is 12.9. The van der Waals surface area contributed by atoms with Crippen LogP contribution in [-0.4, -0.2) is 23.1 Å². The van der Waals surface area contributed by atoms with Crippen LogP contribution in [0.4, 0.5) is 4.39 Å². The first-order valence-electron chi connectivity index (χ1n) is 7.93. The van der Waals surface area contributed by atoms with Gasteiger partial charge in [0.05, 0.1) is 6.04 Å². The number of amides is 1. The summed E-state index contributed by atoms with van der Waals surface area (Å²) >= 11 is 3.41. The molecule has 1 aromatic heterocycles. The van der Waals surface area contributed by atoms with Gasteiger partial charge in [-0.2, -0.15) is 0 Å². The molecule has 0 fully saturated rings. The van der Waals surface area contributed by atoms with Crippen LogP contribution in [0.15, 0.2) is 40.6 Å². The molecule has 0 saturated carbocycles. The van der Waals surface area contributed by atoms with Gasteiger partial charge < -0.3 is 4.90 Å². The van der Waals surface area contributed by atoms with Crippen molar-refractivity contribution in [2.45, 2.75) is 37.1 Å². The summed E-state index contributed by atoms with van der Waals surface area (Å²) in [5.41, 5.74) is 1.34. The summed E-state index contributed by atoms with van der Waals surface area (Å²) in [6.07, 6.45) is 2.46. The maximum absolute atomic E-state index is 12.9. The van der Waals surface area contributed by atoms with Gasteiger partial charge in [0.2, 0.25) is 5.91 Å². The Hall–Kier alpha value is -1.33. The van der Waals surface area contributed by atoms with E-state index >= 15 is 0 Å². The molecule has 1 aliphatic rings. The molecular formula is C18H20FNOS2. The van der Waals surface area contributed by atoms with Gasteiger partial charge in [0, 0.05) is 28.5 Å². The number of hydrogen-bond donors (Lipinski definition) is 0. The van der Waals surface area contributed by atoms with Gasteiger partial charge in [0.1, 0.15) is 5.82 Å². The molecule has 0 spiro atoms. The highest BCUT2D eigenvalue weighted by molar-refractivity contribution is 7.99. The third-order valence-corrected chi connectivity index (χ3v) is 6.21. The highest BCUT2D eigenvalue weighted by Crippen LogP contribution is 2.35. The summed E-state index contributed by atoms with van der Waals surface area (Å²) < 4.78 is 12.9. The number of carbonyl (C=O) groups is 1. The molecule has 122 valence electrons. The molecule has 23 heavy (non-hydrogen) atoms. The van der Waals surface area contributed by atoms with Gasteiger partial charge >= 0.3 is 0 Å². The van der Waals surface area contributed by atoms with Crippen LogP contribution >= 0.6 is 23.1 Å². The zero-order valence-electron chi connectivity index (χ0n) is 13.1. The molecule has 1 unspecified atom stereocenters. The van der Waals surface area contributed by atoms with E-state index in [1.807, 2.05) is 4.90 Å². The fourth-order valence-corrected chi connectivity index (χ4v) is 4.83. The number of rotatable bonds is 5. The fourth-order valence-electron chi connectivity index (χ4n) is 3.07. The lowest BCUT2D eigenvalue weighted by Gasteiger charge is -2.35. The van der Waals surface area contributed by atoms with Crippen molar-refractivity contribution in [3.63, 3.8) is 0 Å². The van der Waals surface area contributed by atoms with E-state index in [1.54, 1.807) is 35.2 Å². The Labute approximate surface area is 144 Å². The summed E-state index contributed by atoms with van der Waals surface area (Å²) in [4.78, 5) is 17.1. The number of carbonyl (C=O) groups excluding carboxylic acids is 1. The third kappa shape index (κ3) is 3.78. The predicted molar refractivity (Wildman–Crippen MR) is 94.5 cm³/mol. The topological polar surface area (TPSA) is 20.3 Å². The number of fused-ring (bicyclic) bond motifs is 1. The zero-order valence-corrected chi connectivity index (χ0v) is 14.8. The lowest BCUT2D eigenvalue weighted by molar-refractivity contribution is -0.133. The average molecular weight is 349 g/mol. The summed E-state index contributed by atoms with van der Waals surface area (Å²) in [6.45, 7) is 2.97. The molecule has 0 radical (unpaired) electrons. The SMILES string of the molecule is CCC1c2ccsc2CCN1C(=O)CCSc1ccc(F)cc1. The molecule has 2 heterocycles. The van der Waals surface area contributed by atoms with Crippen LogP contribution in [0.3, 0.4) is 0 Å². The Balaban J connectivity index is 1.57. The number of nitrogens with zero attached hydrogens (tertiary/aromatic N) is 1. The van der Waals surface area contributed by atoms with Crippen molar-refractivity contribution in [3.8, 4) is 0 Å². The van der Waals surface area contributed by atoms with Gasteiger partial charge in [-0.05, 0) is 54.1 Å². The molecule has 1 atom stereocenters. The maximum Gasteiger partial charge on any atom is 0.223 e. The van der Waals surface area contributed by atoms with E-state index in [4.69, 9.17) is 0 Å². The van der Waals surface area contributed by atoms with Crippen LogP contribution in [-0.2, 0) is 11.2 Å².